The molecule has 0 spiro atoms. The van der Waals surface area contributed by atoms with Crippen LogP contribution < -0.4 is 38.9 Å². The summed E-state index contributed by atoms with van der Waals surface area (Å²) < 4.78 is 18.2. The fraction of sp³-hybridized carbons (Fsp3) is 0.852. The Hall–Kier alpha value is -2.12. The molecule has 11 unspecified atom stereocenters. The normalized spacial score (nSPS) is 44.9. The Bertz CT molecular complexity index is 1040. The summed E-state index contributed by atoms with van der Waals surface area (Å²) in [5.74, 6) is -0.840. The molecule has 3 fully saturated rings. The van der Waals surface area contributed by atoms with Gasteiger partial charge in [0.1, 0.15) is 35.3 Å². The van der Waals surface area contributed by atoms with Gasteiger partial charge in [-0.25, -0.2) is 0 Å². The van der Waals surface area contributed by atoms with Crippen LogP contribution >= 0.6 is 0 Å². The molecule has 2 saturated carbocycles. The highest BCUT2D eigenvalue weighted by molar-refractivity contribution is 5.87. The van der Waals surface area contributed by atoms with Crippen LogP contribution in [-0.4, -0.2) is 131 Å². The molecule has 1 amide bonds. The Morgan fingerprint density at radius 2 is 1.88 bits per heavy atom. The van der Waals surface area contributed by atoms with Gasteiger partial charge in [0.2, 0.25) is 0 Å². The minimum atomic E-state index is -1.72. The number of carbonyl (C=O) groups is 1. The summed E-state index contributed by atoms with van der Waals surface area (Å²) in [6.07, 6.45) is -3.13. The average Bonchev–Trinajstić information content (AvgIpc) is 2.90. The van der Waals surface area contributed by atoms with E-state index in [-0.39, 0.29) is 31.8 Å². The van der Waals surface area contributed by atoms with E-state index in [2.05, 4.69) is 20.9 Å². The lowest BCUT2D eigenvalue weighted by atomic mass is 9.71. The number of rotatable bonds is 10. The lowest BCUT2D eigenvalue weighted by molar-refractivity contribution is -0.297. The number of ether oxygens (including phenoxy) is 3. The molecule has 43 heavy (non-hydrogen) atoms. The first kappa shape index (κ1) is 33.8. The number of nitrogens with two attached hydrogens (primary N) is 4. The first-order chi connectivity index (χ1) is 20.2. The van der Waals surface area contributed by atoms with Gasteiger partial charge in [-0.15, -0.1) is 0 Å². The van der Waals surface area contributed by atoms with Crippen LogP contribution in [-0.2, 0) is 19.0 Å². The van der Waals surface area contributed by atoms with Crippen molar-refractivity contribution in [3.8, 4) is 0 Å². The molecule has 2 aliphatic heterocycles. The monoisotopic (exact) mass is 614 g/mol. The van der Waals surface area contributed by atoms with Crippen LogP contribution in [0.1, 0.15) is 39.5 Å². The largest absolute Gasteiger partial charge is 0.492 e. The number of nitrogens with zero attached hydrogens (tertiary/aromatic N) is 1. The predicted octanol–water partition coefficient (Wildman–Crippen LogP) is -4.60. The zero-order valence-corrected chi connectivity index (χ0v) is 25.1. The molecule has 4 aliphatic rings. The molecule has 4 rings (SSSR count). The maximum Gasteiger partial charge on any atom is 0.252 e. The van der Waals surface area contributed by atoms with E-state index in [1.807, 2.05) is 13.0 Å². The van der Waals surface area contributed by atoms with Crippen LogP contribution in [0.5, 0.6) is 0 Å². The fourth-order valence-electron chi connectivity index (χ4n) is 6.72. The second-order valence-corrected chi connectivity index (χ2v) is 12.5. The van der Waals surface area contributed by atoms with Gasteiger partial charge >= 0.3 is 0 Å². The van der Waals surface area contributed by atoms with Gasteiger partial charge < -0.3 is 73.5 Å². The summed E-state index contributed by atoms with van der Waals surface area (Å²) in [6, 6.07) is -3.24. The molecule has 11 atom stereocenters. The van der Waals surface area contributed by atoms with Crippen molar-refractivity contribution in [2.45, 2.75) is 112 Å². The fourth-order valence-corrected chi connectivity index (χ4v) is 6.72. The number of aliphatic hydroxyl groups excluding tert-OH is 2. The Morgan fingerprint density at radius 3 is 2.51 bits per heavy atom. The average molecular weight is 615 g/mol. The van der Waals surface area contributed by atoms with Crippen LogP contribution in [0.15, 0.2) is 16.8 Å². The van der Waals surface area contributed by atoms with E-state index in [4.69, 9.17) is 37.1 Å². The molecule has 0 aromatic heterocycles. The number of hydrogen-bond acceptors (Lipinski definition) is 13. The number of guanidine groups is 1. The van der Waals surface area contributed by atoms with Gasteiger partial charge in [0.25, 0.3) is 5.91 Å². The van der Waals surface area contributed by atoms with Crippen molar-refractivity contribution in [2.75, 3.05) is 26.7 Å². The summed E-state index contributed by atoms with van der Waals surface area (Å²) in [7, 11) is 1.59. The molecule has 0 bridgehead atoms. The highest BCUT2D eigenvalue weighted by Crippen LogP contribution is 2.38. The molecule has 2 aliphatic carbocycles. The number of aliphatic hydroxyl groups is 4. The molecular weight excluding hydrogens is 564 g/mol. The van der Waals surface area contributed by atoms with Crippen LogP contribution in [0, 0.1) is 5.92 Å². The third-order valence-corrected chi connectivity index (χ3v) is 9.05. The lowest BCUT2D eigenvalue weighted by Gasteiger charge is -2.51. The van der Waals surface area contributed by atoms with E-state index in [1.165, 1.54) is 6.92 Å². The highest BCUT2D eigenvalue weighted by atomic mass is 16.7. The van der Waals surface area contributed by atoms with E-state index in [0.29, 0.717) is 18.7 Å². The van der Waals surface area contributed by atoms with Crippen LogP contribution in [0.2, 0.25) is 0 Å². The molecule has 0 aromatic carbocycles. The van der Waals surface area contributed by atoms with Gasteiger partial charge in [0.05, 0.1) is 37.4 Å². The summed E-state index contributed by atoms with van der Waals surface area (Å²) in [6.45, 7) is 4.57. The number of amides is 1. The minimum Gasteiger partial charge on any atom is -0.492 e. The topological polar surface area (TPSA) is 278 Å². The van der Waals surface area contributed by atoms with Gasteiger partial charge in [-0.1, -0.05) is 6.92 Å². The van der Waals surface area contributed by atoms with Gasteiger partial charge in [-0.3, -0.25) is 9.79 Å². The minimum absolute atomic E-state index is 0.0151. The maximum absolute atomic E-state index is 13.3. The van der Waals surface area contributed by atoms with Crippen molar-refractivity contribution < 1.29 is 39.4 Å². The van der Waals surface area contributed by atoms with Crippen molar-refractivity contribution in [2.24, 2.45) is 33.8 Å². The number of aliphatic imine (C=N–C) groups is 1. The Morgan fingerprint density at radius 1 is 1.19 bits per heavy atom. The molecule has 15 N–H and O–H groups in total. The van der Waals surface area contributed by atoms with Gasteiger partial charge in [0, 0.05) is 30.8 Å². The Balaban J connectivity index is 1.56. The van der Waals surface area contributed by atoms with E-state index >= 15 is 0 Å². The molecule has 0 aromatic rings. The summed E-state index contributed by atoms with van der Waals surface area (Å²) >= 11 is 0. The number of carbonyl (C=O) groups excluding carboxylic acids is 1. The number of likely N-dealkylation sites (N-methyl/N-ethyl adjacent to an activating group) is 2. The SMILES string of the molecule is CCNCC1=CCC(N)C(C2C(N)CC(NC(=O)C3(O)CC(N=C(N)N)C3)C(OC3OCC(C)(O)C(NC)C3O)C2O)O1. The van der Waals surface area contributed by atoms with Gasteiger partial charge in [0.15, 0.2) is 12.2 Å². The third-order valence-electron chi connectivity index (χ3n) is 9.05. The molecule has 1 saturated heterocycles. The summed E-state index contributed by atoms with van der Waals surface area (Å²) in [5, 5.41) is 53.4. The predicted molar refractivity (Wildman–Crippen MR) is 156 cm³/mol. The zero-order valence-electron chi connectivity index (χ0n) is 25.1. The van der Waals surface area contributed by atoms with Crippen LogP contribution in [0.3, 0.4) is 0 Å². The summed E-state index contributed by atoms with van der Waals surface area (Å²) in [4.78, 5) is 17.3. The zero-order chi connectivity index (χ0) is 31.7. The smallest absolute Gasteiger partial charge is 0.252 e. The maximum atomic E-state index is 13.3. The molecule has 246 valence electrons. The first-order valence-corrected chi connectivity index (χ1v) is 14.9. The Kier molecular flexibility index (Phi) is 10.6. The standard InChI is InChI=1S/C27H50N8O8/c1-4-33-10-13-5-6-14(28)20(42-13)17-15(29)7-16(35-24(38)27(40)8-12(9-27)34-25(30)31)21(18(17)36)43-23-19(37)22(32-3)26(2,39)11-41-23/h5,12,14-23,32-33,36-37,39-40H,4,6-11,28-29H2,1-3H3,(H,35,38)(H4,30,31,34). The van der Waals surface area contributed by atoms with E-state index < -0.39 is 83.9 Å². The van der Waals surface area contributed by atoms with Crippen molar-refractivity contribution in [3.63, 3.8) is 0 Å². The van der Waals surface area contributed by atoms with Gasteiger partial charge in [-0.05, 0) is 39.4 Å². The van der Waals surface area contributed by atoms with E-state index in [9.17, 15) is 25.2 Å². The van der Waals surface area contributed by atoms with Crippen molar-refractivity contribution >= 4 is 11.9 Å². The van der Waals surface area contributed by atoms with Crippen molar-refractivity contribution in [3.05, 3.63) is 11.8 Å². The molecule has 16 heteroatoms. The van der Waals surface area contributed by atoms with Crippen molar-refractivity contribution in [1.29, 1.82) is 0 Å². The van der Waals surface area contributed by atoms with Gasteiger partial charge in [-0.2, -0.15) is 0 Å². The molecular formula is C27H50N8O8. The third kappa shape index (κ3) is 7.24. The number of nitrogens with one attached hydrogen (secondary N) is 3. The highest BCUT2D eigenvalue weighted by Gasteiger charge is 2.55. The van der Waals surface area contributed by atoms with Crippen LogP contribution in [0.4, 0.5) is 0 Å². The molecule has 2 heterocycles. The second kappa shape index (κ2) is 13.5. The second-order valence-electron chi connectivity index (χ2n) is 12.5. The van der Waals surface area contributed by atoms with E-state index in [1.54, 1.807) is 7.05 Å². The lowest BCUT2D eigenvalue weighted by Crippen LogP contribution is -2.70. The Labute approximate surface area is 251 Å². The first-order valence-electron chi connectivity index (χ1n) is 14.9. The van der Waals surface area contributed by atoms with Crippen LogP contribution in [0.25, 0.3) is 0 Å². The summed E-state index contributed by atoms with van der Waals surface area (Å²) in [5.41, 5.74) is 20.8. The van der Waals surface area contributed by atoms with Crippen molar-refractivity contribution in [1.82, 2.24) is 16.0 Å². The van der Waals surface area contributed by atoms with E-state index in [0.717, 1.165) is 6.54 Å². The number of hydrogen-bond donors (Lipinski definition) is 11. The quantitative estimate of drug-likeness (QED) is 0.0816. The molecule has 0 radical (unpaired) electrons. The molecule has 16 nitrogen and oxygen atoms in total.